The monoisotopic (exact) mass is 233 g/mol. The molecule has 62 valence electrons. The van der Waals surface area contributed by atoms with Crippen LogP contribution in [0, 0.1) is 0 Å². The summed E-state index contributed by atoms with van der Waals surface area (Å²) < 4.78 is -1.51. The molecule has 0 bridgehead atoms. The van der Waals surface area contributed by atoms with Crippen molar-refractivity contribution in [1.29, 1.82) is 0 Å². The third-order valence-corrected chi connectivity index (χ3v) is 2.67. The van der Waals surface area contributed by atoms with Crippen LogP contribution in [0.15, 0.2) is 4.99 Å². The lowest BCUT2D eigenvalue weighted by molar-refractivity contribution is -0.118. The highest BCUT2D eigenvalue weighted by molar-refractivity contribution is 6.73. The van der Waals surface area contributed by atoms with Crippen molar-refractivity contribution in [2.75, 3.05) is 0 Å². The van der Waals surface area contributed by atoms with E-state index in [0.29, 0.717) is 0 Å². The predicted octanol–water partition coefficient (Wildman–Crippen LogP) is 2.34. The molecule has 0 aliphatic carbocycles. The summed E-state index contributed by atoms with van der Waals surface area (Å²) in [5.74, 6) is -0.650. The van der Waals surface area contributed by atoms with Crippen LogP contribution in [-0.2, 0) is 4.79 Å². The van der Waals surface area contributed by atoms with Crippen LogP contribution in [0.5, 0.6) is 0 Å². The summed E-state index contributed by atoms with van der Waals surface area (Å²) >= 11 is 22.2. The van der Waals surface area contributed by atoms with Crippen molar-refractivity contribution in [2.24, 2.45) is 4.99 Å². The Bertz CT molecular complexity index is 225. The van der Waals surface area contributed by atoms with Crippen molar-refractivity contribution in [3.05, 3.63) is 0 Å². The first kappa shape index (κ1) is 9.59. The molecule has 1 atom stereocenters. The van der Waals surface area contributed by atoms with E-state index in [4.69, 9.17) is 46.4 Å². The molecule has 11 heavy (non-hydrogen) atoms. The molecule has 0 N–H and O–H groups in total. The summed E-state index contributed by atoms with van der Waals surface area (Å²) in [6, 6.07) is 0. The fraction of sp³-hybridized carbons (Fsp3) is 0.600. The average molecular weight is 235 g/mol. The standard InChI is InChI=1S/C5H3Cl4NO/c6-2-1-5(8,9)4(11)10-3(2)7/h2H,1H2. The zero-order valence-electron chi connectivity index (χ0n) is 5.15. The second-order valence-corrected chi connectivity index (χ2v) is 4.51. The Balaban J connectivity index is 2.93. The Hall–Kier alpha value is 0.500. The maximum atomic E-state index is 10.9. The molecule has 2 nitrogen and oxygen atoms in total. The summed E-state index contributed by atoms with van der Waals surface area (Å²) in [4.78, 5) is 14.2. The van der Waals surface area contributed by atoms with Crippen molar-refractivity contribution < 1.29 is 4.79 Å². The number of aliphatic imine (C=N–C) groups is 1. The summed E-state index contributed by atoms with van der Waals surface area (Å²) in [5, 5.41) is -0.516. The van der Waals surface area contributed by atoms with Crippen LogP contribution in [-0.4, -0.2) is 20.8 Å². The van der Waals surface area contributed by atoms with E-state index in [9.17, 15) is 4.79 Å². The van der Waals surface area contributed by atoms with E-state index < -0.39 is 15.6 Å². The lowest BCUT2D eigenvalue weighted by atomic mass is 10.2. The quantitative estimate of drug-likeness (QED) is 0.592. The van der Waals surface area contributed by atoms with Gasteiger partial charge >= 0.3 is 0 Å². The van der Waals surface area contributed by atoms with E-state index in [2.05, 4.69) is 4.99 Å². The van der Waals surface area contributed by atoms with Gasteiger partial charge < -0.3 is 0 Å². The number of alkyl halides is 3. The van der Waals surface area contributed by atoms with Crippen LogP contribution < -0.4 is 0 Å². The molecule has 0 saturated heterocycles. The molecule has 1 rings (SSSR count). The molecule has 1 aliphatic heterocycles. The van der Waals surface area contributed by atoms with Crippen molar-refractivity contribution >= 4 is 57.5 Å². The summed E-state index contributed by atoms with van der Waals surface area (Å²) in [6.45, 7) is 0. The average Bonchev–Trinajstić information content (AvgIpc) is 1.83. The van der Waals surface area contributed by atoms with Gasteiger partial charge in [-0.15, -0.1) is 11.6 Å². The van der Waals surface area contributed by atoms with E-state index in [1.807, 2.05) is 0 Å². The zero-order valence-corrected chi connectivity index (χ0v) is 8.18. The van der Waals surface area contributed by atoms with E-state index in [-0.39, 0.29) is 11.6 Å². The van der Waals surface area contributed by atoms with E-state index in [1.165, 1.54) is 0 Å². The molecule has 0 fully saturated rings. The molecule has 0 aromatic heterocycles. The van der Waals surface area contributed by atoms with E-state index in [0.717, 1.165) is 0 Å². The predicted molar refractivity (Wildman–Crippen MR) is 47.0 cm³/mol. The van der Waals surface area contributed by atoms with Crippen LogP contribution in [0.3, 0.4) is 0 Å². The maximum absolute atomic E-state index is 10.9. The van der Waals surface area contributed by atoms with Gasteiger partial charge in [-0.25, -0.2) is 4.99 Å². The van der Waals surface area contributed by atoms with Crippen LogP contribution in [0.4, 0.5) is 0 Å². The smallest absolute Gasteiger partial charge is 0.269 e. The molecule has 1 amide bonds. The van der Waals surface area contributed by atoms with Gasteiger partial charge in [0.15, 0.2) is 4.33 Å². The van der Waals surface area contributed by atoms with E-state index in [1.54, 1.807) is 0 Å². The van der Waals surface area contributed by atoms with Crippen LogP contribution in [0.2, 0.25) is 0 Å². The Kier molecular flexibility index (Phi) is 2.70. The molecule has 0 saturated carbocycles. The van der Waals surface area contributed by atoms with Gasteiger partial charge in [0, 0.05) is 6.42 Å². The Morgan fingerprint density at radius 1 is 1.55 bits per heavy atom. The van der Waals surface area contributed by atoms with Gasteiger partial charge in [0.1, 0.15) is 5.17 Å². The second-order valence-electron chi connectivity index (χ2n) is 2.12. The van der Waals surface area contributed by atoms with Crippen molar-refractivity contribution in [2.45, 2.75) is 16.1 Å². The Labute approximate surface area is 83.5 Å². The topological polar surface area (TPSA) is 29.4 Å². The number of carbonyl (C=O) groups excluding carboxylic acids is 1. The number of nitrogens with zero attached hydrogens (tertiary/aromatic N) is 1. The third-order valence-electron chi connectivity index (χ3n) is 1.22. The van der Waals surface area contributed by atoms with Crippen LogP contribution in [0.25, 0.3) is 0 Å². The summed E-state index contributed by atoms with van der Waals surface area (Å²) in [5.41, 5.74) is 0. The third kappa shape index (κ3) is 2.00. The number of amides is 1. The maximum Gasteiger partial charge on any atom is 0.283 e. The van der Waals surface area contributed by atoms with Crippen molar-refractivity contribution in [3.8, 4) is 0 Å². The number of carbonyl (C=O) groups is 1. The van der Waals surface area contributed by atoms with Crippen LogP contribution in [0.1, 0.15) is 6.42 Å². The molecule has 1 unspecified atom stereocenters. The Morgan fingerprint density at radius 2 is 2.09 bits per heavy atom. The van der Waals surface area contributed by atoms with Gasteiger partial charge in [-0.2, -0.15) is 0 Å². The normalized spacial score (nSPS) is 30.0. The van der Waals surface area contributed by atoms with Gasteiger partial charge in [0.05, 0.1) is 5.38 Å². The second kappa shape index (κ2) is 3.09. The van der Waals surface area contributed by atoms with Gasteiger partial charge in [-0.05, 0) is 0 Å². The fourth-order valence-corrected chi connectivity index (χ4v) is 1.63. The molecular weight excluding hydrogens is 232 g/mol. The molecule has 0 aromatic rings. The first-order valence-electron chi connectivity index (χ1n) is 2.74. The molecular formula is C5H3Cl4NO. The number of rotatable bonds is 0. The van der Waals surface area contributed by atoms with Gasteiger partial charge in [-0.1, -0.05) is 34.8 Å². The molecule has 0 spiro atoms. The first-order chi connectivity index (χ1) is 4.93. The van der Waals surface area contributed by atoms with Crippen molar-refractivity contribution in [1.82, 2.24) is 0 Å². The highest BCUT2D eigenvalue weighted by atomic mass is 35.5. The first-order valence-corrected chi connectivity index (χ1v) is 4.31. The minimum atomic E-state index is -1.51. The summed E-state index contributed by atoms with van der Waals surface area (Å²) in [6.07, 6.45) is 0.0961. The summed E-state index contributed by atoms with van der Waals surface area (Å²) in [7, 11) is 0. The lowest BCUT2D eigenvalue weighted by Crippen LogP contribution is -2.35. The SMILES string of the molecule is O=C1N=C(Cl)C(Cl)CC1(Cl)Cl. The Morgan fingerprint density at radius 3 is 2.55 bits per heavy atom. The zero-order chi connectivity index (χ0) is 8.65. The molecule has 0 radical (unpaired) electrons. The minimum Gasteiger partial charge on any atom is -0.269 e. The minimum absolute atomic E-state index is 0.0496. The fourth-order valence-electron chi connectivity index (χ4n) is 0.645. The van der Waals surface area contributed by atoms with Crippen LogP contribution >= 0.6 is 46.4 Å². The molecule has 0 aromatic carbocycles. The van der Waals surface area contributed by atoms with E-state index >= 15 is 0 Å². The number of halogens is 4. The number of hydrogen-bond donors (Lipinski definition) is 0. The highest BCUT2D eigenvalue weighted by Crippen LogP contribution is 2.34. The largest absolute Gasteiger partial charge is 0.283 e. The van der Waals surface area contributed by atoms with Crippen molar-refractivity contribution in [3.63, 3.8) is 0 Å². The molecule has 1 aliphatic rings. The van der Waals surface area contributed by atoms with Gasteiger partial charge in [0.25, 0.3) is 5.91 Å². The van der Waals surface area contributed by atoms with Gasteiger partial charge in [-0.3, -0.25) is 4.79 Å². The molecule has 6 heteroatoms. The van der Waals surface area contributed by atoms with Gasteiger partial charge in [0.2, 0.25) is 0 Å². The number of hydrogen-bond acceptors (Lipinski definition) is 1. The highest BCUT2D eigenvalue weighted by Gasteiger charge is 2.41. The lowest BCUT2D eigenvalue weighted by Gasteiger charge is -2.22. The molecule has 1 heterocycles.